The highest BCUT2D eigenvalue weighted by Gasteiger charge is 2.42. The van der Waals surface area contributed by atoms with Crippen molar-refractivity contribution in [1.82, 2.24) is 9.55 Å². The molecule has 2 aliphatic carbocycles. The van der Waals surface area contributed by atoms with Gasteiger partial charge in [-0.05, 0) is 69.0 Å². The fourth-order valence-electron chi connectivity index (χ4n) is 4.38. The van der Waals surface area contributed by atoms with Crippen LogP contribution >= 0.6 is 0 Å². The maximum absolute atomic E-state index is 13.8. The Morgan fingerprint density at radius 2 is 1.86 bits per heavy atom. The lowest BCUT2D eigenvalue weighted by Gasteiger charge is -2.20. The molecule has 1 unspecified atom stereocenters. The Labute approximate surface area is 212 Å². The molecular weight excluding hydrogens is 511 g/mol. The second kappa shape index (κ2) is 9.00. The van der Waals surface area contributed by atoms with Crippen molar-refractivity contribution in [2.75, 3.05) is 11.1 Å². The van der Waals surface area contributed by atoms with Gasteiger partial charge in [-0.1, -0.05) is 13.8 Å². The van der Waals surface area contributed by atoms with E-state index in [2.05, 4.69) is 10.3 Å². The van der Waals surface area contributed by atoms with Gasteiger partial charge in [-0.25, -0.2) is 18.2 Å². The van der Waals surface area contributed by atoms with E-state index in [1.165, 1.54) is 25.1 Å². The van der Waals surface area contributed by atoms with Crippen molar-refractivity contribution in [2.24, 2.45) is 0 Å². The van der Waals surface area contributed by atoms with Crippen molar-refractivity contribution in [2.45, 2.75) is 76.1 Å². The first kappa shape index (κ1) is 26.9. The smallest absolute Gasteiger partial charge is 0.431 e. The Morgan fingerprint density at radius 3 is 2.41 bits per heavy atom. The number of nitrogens with one attached hydrogen (secondary N) is 1. The second-order valence-corrected chi connectivity index (χ2v) is 12.4. The van der Waals surface area contributed by atoms with E-state index in [0.717, 1.165) is 10.6 Å². The molecule has 0 aromatic carbocycles. The molecule has 1 N–H and O–H groups in total. The second-order valence-electron chi connectivity index (χ2n) is 10.2. The van der Waals surface area contributed by atoms with Gasteiger partial charge in [-0.15, -0.1) is 0 Å². The van der Waals surface area contributed by atoms with Gasteiger partial charge in [-0.3, -0.25) is 10.1 Å². The van der Waals surface area contributed by atoms with E-state index in [1.54, 1.807) is 27.7 Å². The molecule has 0 aliphatic heterocycles. The summed E-state index contributed by atoms with van der Waals surface area (Å²) in [6.07, 6.45) is -3.20. The van der Waals surface area contributed by atoms with Crippen LogP contribution in [0.4, 0.5) is 23.8 Å². The van der Waals surface area contributed by atoms with E-state index in [9.17, 15) is 31.2 Å². The predicted octanol–water partition coefficient (Wildman–Crippen LogP) is 5.40. The average molecular weight is 540 g/mol. The summed E-state index contributed by atoms with van der Waals surface area (Å²) >= 11 is 0. The topological polar surface area (TPSA) is 107 Å². The monoisotopic (exact) mass is 539 g/mol. The summed E-state index contributed by atoms with van der Waals surface area (Å²) in [5.74, 6) is -0.985. The molecule has 0 bridgehead atoms. The van der Waals surface area contributed by atoms with Crippen LogP contribution in [-0.4, -0.2) is 35.4 Å². The summed E-state index contributed by atoms with van der Waals surface area (Å²) in [6, 6.07) is 3.02. The number of halogens is 3. The van der Waals surface area contributed by atoms with E-state index in [4.69, 9.17) is 4.74 Å². The first-order valence-electron chi connectivity index (χ1n) is 11.9. The highest BCUT2D eigenvalue weighted by atomic mass is 32.2. The molecule has 2 aromatic heterocycles. The van der Waals surface area contributed by atoms with Gasteiger partial charge in [-0.2, -0.15) is 13.2 Å². The third kappa shape index (κ3) is 5.29. The van der Waals surface area contributed by atoms with Crippen LogP contribution in [0.5, 0.6) is 0 Å². The molecule has 37 heavy (non-hydrogen) atoms. The number of ether oxygens (including phenoxy) is 1. The zero-order valence-electron chi connectivity index (χ0n) is 21.1. The number of rotatable bonds is 5. The van der Waals surface area contributed by atoms with Crippen molar-refractivity contribution < 1.29 is 31.1 Å². The number of sulfone groups is 1. The van der Waals surface area contributed by atoms with E-state index in [1.807, 2.05) is 0 Å². The standard InChI is InChI=1S/C25H28F3N3O5S/c1-6-37(34,35)17-9-10-19(30-23(33)36-24(3,4)5)29-21(17)16-11-14-12-18(25(26,27)28)31(15-7-8-15)22(32)20(14)13(16)2/h9-13,15H,6-8H2,1-5H3,(H,29,30,33). The van der Waals surface area contributed by atoms with Crippen LogP contribution in [0.15, 0.2) is 27.9 Å². The molecule has 1 fully saturated rings. The lowest BCUT2D eigenvalue weighted by atomic mass is 9.96. The predicted molar refractivity (Wildman–Crippen MR) is 132 cm³/mol. The molecule has 2 aliphatic rings. The zero-order chi connectivity index (χ0) is 27.5. The lowest BCUT2D eigenvalue weighted by Crippen LogP contribution is -2.30. The van der Waals surface area contributed by atoms with Crippen LogP contribution in [0, 0.1) is 0 Å². The molecule has 0 saturated heterocycles. The van der Waals surface area contributed by atoms with Crippen LogP contribution in [-0.2, 0) is 20.8 Å². The van der Waals surface area contributed by atoms with Gasteiger partial charge in [0.2, 0.25) is 0 Å². The van der Waals surface area contributed by atoms with Crippen molar-refractivity contribution in [3.8, 4) is 0 Å². The molecular formula is C25H28F3N3O5S. The average Bonchev–Trinajstić information content (AvgIpc) is 3.54. The number of allylic oxidation sites excluding steroid dienone is 1. The van der Waals surface area contributed by atoms with Crippen molar-refractivity contribution in [3.05, 3.63) is 51.1 Å². The molecule has 0 radical (unpaired) electrons. The number of nitrogens with zero attached hydrogens (tertiary/aromatic N) is 2. The summed E-state index contributed by atoms with van der Waals surface area (Å²) in [5, 5.41) is 2.46. The summed E-state index contributed by atoms with van der Waals surface area (Å²) in [7, 11) is -3.81. The maximum atomic E-state index is 13.8. The van der Waals surface area contributed by atoms with Gasteiger partial charge in [0.15, 0.2) is 9.84 Å². The Bertz CT molecular complexity index is 1470. The largest absolute Gasteiger partial charge is 0.444 e. The SMILES string of the molecule is CCS(=O)(=O)c1ccc(NC(=O)OC(C)(C)C)nc1C1=Cc2cc(C(F)(F)F)n(C3CC3)c(=O)c2C1C. The number of carbonyl (C=O) groups is 1. The number of carbonyl (C=O) groups excluding carboxylic acids is 1. The molecule has 1 amide bonds. The number of hydrogen-bond acceptors (Lipinski definition) is 6. The Morgan fingerprint density at radius 1 is 1.22 bits per heavy atom. The number of hydrogen-bond donors (Lipinski definition) is 1. The number of alkyl halides is 3. The number of fused-ring (bicyclic) bond motifs is 1. The molecule has 12 heteroatoms. The number of aromatic nitrogens is 2. The minimum atomic E-state index is -4.73. The number of anilines is 1. The summed E-state index contributed by atoms with van der Waals surface area (Å²) in [6.45, 7) is 8.11. The fraction of sp³-hybridized carbons (Fsp3) is 0.480. The van der Waals surface area contributed by atoms with E-state index < -0.39 is 50.9 Å². The third-order valence-electron chi connectivity index (χ3n) is 6.20. The van der Waals surface area contributed by atoms with E-state index >= 15 is 0 Å². The molecule has 2 aromatic rings. The van der Waals surface area contributed by atoms with Crippen LogP contribution < -0.4 is 10.9 Å². The Kier molecular flexibility index (Phi) is 6.54. The van der Waals surface area contributed by atoms with Crippen LogP contribution in [0.25, 0.3) is 11.6 Å². The molecule has 1 atom stereocenters. The molecule has 2 heterocycles. The Hall–Kier alpha value is -3.15. The van der Waals surface area contributed by atoms with Gasteiger partial charge < -0.3 is 9.30 Å². The highest BCUT2D eigenvalue weighted by molar-refractivity contribution is 7.91. The molecule has 1 saturated carbocycles. The normalized spacial score (nSPS) is 17.8. The van der Waals surface area contributed by atoms with Crippen LogP contribution in [0.1, 0.15) is 81.9 Å². The fourth-order valence-corrected chi connectivity index (χ4v) is 5.43. The van der Waals surface area contributed by atoms with E-state index in [-0.39, 0.29) is 38.9 Å². The Balaban J connectivity index is 1.85. The van der Waals surface area contributed by atoms with Gasteiger partial charge in [0.05, 0.1) is 16.3 Å². The van der Waals surface area contributed by atoms with Crippen molar-refractivity contribution in [1.29, 1.82) is 0 Å². The number of pyridine rings is 2. The minimum Gasteiger partial charge on any atom is -0.444 e. The van der Waals surface area contributed by atoms with Crippen molar-refractivity contribution in [3.63, 3.8) is 0 Å². The highest BCUT2D eigenvalue weighted by Crippen LogP contribution is 2.45. The number of amides is 1. The van der Waals surface area contributed by atoms with Crippen molar-refractivity contribution >= 4 is 33.4 Å². The molecule has 8 nitrogen and oxygen atoms in total. The summed E-state index contributed by atoms with van der Waals surface area (Å²) in [4.78, 5) is 29.8. The van der Waals surface area contributed by atoms with Gasteiger partial charge in [0, 0.05) is 17.5 Å². The van der Waals surface area contributed by atoms with Gasteiger partial charge in [0.1, 0.15) is 17.1 Å². The first-order valence-corrected chi connectivity index (χ1v) is 13.5. The van der Waals surface area contributed by atoms with Gasteiger partial charge >= 0.3 is 12.3 Å². The van der Waals surface area contributed by atoms with Crippen LogP contribution in [0.3, 0.4) is 0 Å². The molecule has 0 spiro atoms. The van der Waals surface area contributed by atoms with E-state index in [0.29, 0.717) is 12.8 Å². The summed E-state index contributed by atoms with van der Waals surface area (Å²) < 4.78 is 73.3. The van der Waals surface area contributed by atoms with Crippen LogP contribution in [0.2, 0.25) is 0 Å². The van der Waals surface area contributed by atoms with Gasteiger partial charge in [0.25, 0.3) is 5.56 Å². The summed E-state index contributed by atoms with van der Waals surface area (Å²) in [5.41, 5.74) is -2.10. The zero-order valence-corrected chi connectivity index (χ0v) is 21.9. The molecule has 4 rings (SSSR count). The first-order chi connectivity index (χ1) is 17.0. The third-order valence-corrected chi connectivity index (χ3v) is 7.96. The minimum absolute atomic E-state index is 0.00488. The lowest BCUT2D eigenvalue weighted by molar-refractivity contribution is -0.144. The quantitative estimate of drug-likeness (QED) is 0.546. The molecule has 200 valence electrons. The maximum Gasteiger partial charge on any atom is 0.431 e.